The van der Waals surface area contributed by atoms with Crippen LogP contribution in [0.3, 0.4) is 0 Å². The number of azo groups is 1. The highest BCUT2D eigenvalue weighted by Gasteiger charge is 2.42. The molecule has 1 aliphatic heterocycles. The first-order chi connectivity index (χ1) is 18.4. The minimum atomic E-state index is -0.738. The van der Waals surface area contributed by atoms with Gasteiger partial charge in [0.25, 0.3) is 5.91 Å². The van der Waals surface area contributed by atoms with E-state index in [1.54, 1.807) is 43.5 Å². The molecule has 3 N–H and O–H groups in total. The number of nitrogens with zero attached hydrogens (tertiary/aromatic N) is 2. The molecule has 2 aliphatic rings. The summed E-state index contributed by atoms with van der Waals surface area (Å²) in [5, 5.41) is 11.2. The minimum absolute atomic E-state index is 0.216. The second kappa shape index (κ2) is 10.1. The van der Waals surface area contributed by atoms with Crippen molar-refractivity contribution in [2.45, 2.75) is 6.04 Å². The van der Waals surface area contributed by atoms with Crippen LogP contribution in [-0.2, 0) is 0 Å². The Labute approximate surface area is 217 Å². The normalized spacial score (nSPS) is 15.0. The van der Waals surface area contributed by atoms with Crippen molar-refractivity contribution in [3.63, 3.8) is 0 Å². The number of urea groups is 1. The highest BCUT2D eigenvalue weighted by molar-refractivity contribution is 6.22. The van der Waals surface area contributed by atoms with Gasteiger partial charge < -0.3 is 19.5 Å². The highest BCUT2D eigenvalue weighted by Crippen LogP contribution is 2.49. The maximum Gasteiger partial charge on any atom is 0.337 e. The number of carbonyl (C=O) groups excluding carboxylic acids is 3. The van der Waals surface area contributed by atoms with Gasteiger partial charge in [0, 0.05) is 17.2 Å². The van der Waals surface area contributed by atoms with E-state index in [4.69, 9.17) is 14.2 Å². The molecule has 3 aromatic rings. The van der Waals surface area contributed by atoms with E-state index in [-0.39, 0.29) is 17.0 Å². The molecule has 11 heteroatoms. The fraction of sp³-hybridized carbons (Fsp3) is 0.148. The number of rotatable bonds is 6. The molecular formula is C27H23N5O6. The Kier molecular flexibility index (Phi) is 6.48. The van der Waals surface area contributed by atoms with Gasteiger partial charge in [0.05, 0.1) is 38.2 Å². The first-order valence-corrected chi connectivity index (χ1v) is 11.5. The SMILES string of the molecule is COc1ccc(C2=C3C(=O)c4c(NC(=O)NNC(=O)c5cc(OC)cc(OC)c5)cccc4C3N=N2)cc1. The molecule has 38 heavy (non-hydrogen) atoms. The van der Waals surface area contributed by atoms with Gasteiger partial charge in [0.15, 0.2) is 5.78 Å². The van der Waals surface area contributed by atoms with Gasteiger partial charge in [-0.1, -0.05) is 12.1 Å². The van der Waals surface area contributed by atoms with Gasteiger partial charge in [0.2, 0.25) is 0 Å². The van der Waals surface area contributed by atoms with Crippen LogP contribution in [0.4, 0.5) is 10.5 Å². The molecule has 192 valence electrons. The first-order valence-electron chi connectivity index (χ1n) is 11.5. The van der Waals surface area contributed by atoms with Crippen LogP contribution in [0.15, 0.2) is 76.5 Å². The molecule has 0 fully saturated rings. The number of amides is 3. The number of fused-ring (bicyclic) bond motifs is 3. The minimum Gasteiger partial charge on any atom is -0.497 e. The van der Waals surface area contributed by atoms with E-state index in [1.807, 2.05) is 12.1 Å². The van der Waals surface area contributed by atoms with Gasteiger partial charge in [-0.25, -0.2) is 10.2 Å². The molecule has 0 aromatic heterocycles. The van der Waals surface area contributed by atoms with E-state index in [1.165, 1.54) is 26.4 Å². The number of anilines is 1. The number of hydrogen-bond donors (Lipinski definition) is 3. The monoisotopic (exact) mass is 513 g/mol. The maximum absolute atomic E-state index is 13.5. The van der Waals surface area contributed by atoms with Crippen molar-refractivity contribution in [2.24, 2.45) is 10.2 Å². The summed E-state index contributed by atoms with van der Waals surface area (Å²) in [4.78, 5) is 38.7. The molecule has 0 spiro atoms. The van der Waals surface area contributed by atoms with Crippen LogP contribution >= 0.6 is 0 Å². The van der Waals surface area contributed by atoms with Gasteiger partial charge in [-0.05, 0) is 48.0 Å². The lowest BCUT2D eigenvalue weighted by Gasteiger charge is -2.12. The fourth-order valence-electron chi connectivity index (χ4n) is 4.34. The number of hydrogen-bond acceptors (Lipinski definition) is 8. The molecule has 0 saturated carbocycles. The number of ether oxygens (including phenoxy) is 3. The molecule has 5 rings (SSSR count). The van der Waals surface area contributed by atoms with Crippen molar-refractivity contribution < 1.29 is 28.6 Å². The Balaban J connectivity index is 1.32. The zero-order valence-electron chi connectivity index (χ0n) is 20.7. The Morgan fingerprint density at radius 3 is 2.18 bits per heavy atom. The van der Waals surface area contributed by atoms with Gasteiger partial charge in [-0.15, -0.1) is 0 Å². The molecule has 1 atom stereocenters. The van der Waals surface area contributed by atoms with Crippen molar-refractivity contribution in [3.05, 3.63) is 88.5 Å². The molecule has 1 aliphatic carbocycles. The Bertz CT molecular complexity index is 1490. The van der Waals surface area contributed by atoms with Gasteiger partial charge in [-0.3, -0.25) is 15.0 Å². The number of ketones is 1. The third kappa shape index (κ3) is 4.41. The van der Waals surface area contributed by atoms with E-state index in [9.17, 15) is 14.4 Å². The lowest BCUT2D eigenvalue weighted by Crippen LogP contribution is -2.44. The predicted molar refractivity (Wildman–Crippen MR) is 137 cm³/mol. The number of carbonyl (C=O) groups is 3. The first kappa shape index (κ1) is 24.5. The third-order valence-electron chi connectivity index (χ3n) is 6.18. The molecule has 1 heterocycles. The fourth-order valence-corrected chi connectivity index (χ4v) is 4.34. The summed E-state index contributed by atoms with van der Waals surface area (Å²) in [6.45, 7) is 0. The van der Waals surface area contributed by atoms with Gasteiger partial charge in [-0.2, -0.15) is 10.2 Å². The molecule has 0 saturated heterocycles. The quantitative estimate of drug-likeness (QED) is 0.420. The molecule has 0 radical (unpaired) electrons. The van der Waals surface area contributed by atoms with Crippen molar-refractivity contribution >= 4 is 29.1 Å². The molecule has 11 nitrogen and oxygen atoms in total. The van der Waals surface area contributed by atoms with Crippen LogP contribution in [0, 0.1) is 0 Å². The van der Waals surface area contributed by atoms with Crippen LogP contribution < -0.4 is 30.4 Å². The van der Waals surface area contributed by atoms with E-state index in [0.717, 1.165) is 5.56 Å². The van der Waals surface area contributed by atoms with E-state index >= 15 is 0 Å². The zero-order valence-corrected chi connectivity index (χ0v) is 20.7. The van der Waals surface area contributed by atoms with Crippen LogP contribution in [0.25, 0.3) is 5.70 Å². The molecule has 0 bridgehead atoms. The van der Waals surface area contributed by atoms with Crippen molar-refractivity contribution in [1.29, 1.82) is 0 Å². The standard InChI is InChI=1S/C27H23N5O6/c1-36-16-9-7-14(8-10-16)23-22-24(30-29-23)19-5-4-6-20(21(19)25(22)33)28-27(35)32-31-26(34)15-11-17(37-2)13-18(12-15)38-3/h4-13,24H,1-3H3,(H,31,34)(H2,28,32,35). The number of nitrogens with one attached hydrogen (secondary N) is 3. The van der Waals surface area contributed by atoms with Crippen molar-refractivity contribution in [1.82, 2.24) is 10.9 Å². The molecule has 1 unspecified atom stereocenters. The topological polar surface area (TPSA) is 140 Å². The molecule has 3 aromatic carbocycles. The predicted octanol–water partition coefficient (Wildman–Crippen LogP) is 4.29. The number of benzene rings is 3. The third-order valence-corrected chi connectivity index (χ3v) is 6.18. The summed E-state index contributed by atoms with van der Waals surface area (Å²) < 4.78 is 15.5. The Morgan fingerprint density at radius 2 is 1.53 bits per heavy atom. The number of hydrazine groups is 1. The van der Waals surface area contributed by atoms with Crippen LogP contribution in [0.1, 0.15) is 37.9 Å². The van der Waals surface area contributed by atoms with Crippen molar-refractivity contribution in [3.8, 4) is 17.2 Å². The van der Waals surface area contributed by atoms with E-state index in [0.29, 0.717) is 39.6 Å². The summed E-state index contributed by atoms with van der Waals surface area (Å²) in [7, 11) is 4.51. The second-order valence-electron chi connectivity index (χ2n) is 8.34. The smallest absolute Gasteiger partial charge is 0.337 e. The molecular weight excluding hydrogens is 490 g/mol. The van der Waals surface area contributed by atoms with Crippen LogP contribution in [0.5, 0.6) is 17.2 Å². The summed E-state index contributed by atoms with van der Waals surface area (Å²) >= 11 is 0. The molecule has 3 amide bonds. The van der Waals surface area contributed by atoms with Crippen LogP contribution in [0.2, 0.25) is 0 Å². The summed E-state index contributed by atoms with van der Waals surface area (Å²) in [5.41, 5.74) is 7.76. The summed E-state index contributed by atoms with van der Waals surface area (Å²) in [6, 6.07) is 15.6. The lowest BCUT2D eigenvalue weighted by atomic mass is 10.0. The average molecular weight is 514 g/mol. The maximum atomic E-state index is 13.5. The highest BCUT2D eigenvalue weighted by atomic mass is 16.5. The lowest BCUT2D eigenvalue weighted by molar-refractivity contribution is 0.0936. The van der Waals surface area contributed by atoms with Gasteiger partial charge >= 0.3 is 6.03 Å². The van der Waals surface area contributed by atoms with Gasteiger partial charge in [0.1, 0.15) is 29.0 Å². The zero-order chi connectivity index (χ0) is 26.8. The van der Waals surface area contributed by atoms with Crippen molar-refractivity contribution in [2.75, 3.05) is 26.6 Å². The Morgan fingerprint density at radius 1 is 0.842 bits per heavy atom. The average Bonchev–Trinajstić information content (AvgIpc) is 3.51. The van der Waals surface area contributed by atoms with E-state index < -0.39 is 18.0 Å². The summed E-state index contributed by atoms with van der Waals surface area (Å²) in [5.74, 6) is 0.661. The van der Waals surface area contributed by atoms with E-state index in [2.05, 4.69) is 26.4 Å². The van der Waals surface area contributed by atoms with Crippen LogP contribution in [-0.4, -0.2) is 39.1 Å². The number of Topliss-reactive ketones (excluding diaryl/α,β-unsaturated/α-hetero) is 1. The second-order valence-corrected chi connectivity index (χ2v) is 8.34. The largest absolute Gasteiger partial charge is 0.497 e. The Hall–Kier alpha value is -5.19. The summed E-state index contributed by atoms with van der Waals surface area (Å²) in [6.07, 6.45) is 0. The number of methoxy groups -OCH3 is 3.